The Morgan fingerprint density at radius 1 is 1.09 bits per heavy atom. The first kappa shape index (κ1) is 28.1. The van der Waals surface area contributed by atoms with Crippen molar-refractivity contribution in [2.45, 2.75) is 38.3 Å². The second kappa shape index (κ2) is 14.3. The van der Waals surface area contributed by atoms with Crippen LogP contribution in [0.2, 0.25) is 0 Å². The molecule has 0 unspecified atom stereocenters. The molecule has 0 radical (unpaired) electrons. The zero-order valence-electron chi connectivity index (χ0n) is 18.8. The van der Waals surface area contributed by atoms with Gasteiger partial charge in [0.25, 0.3) is 0 Å². The summed E-state index contributed by atoms with van der Waals surface area (Å²) in [5.74, 6) is 1.50. The third kappa shape index (κ3) is 9.72. The highest BCUT2D eigenvalue weighted by Crippen LogP contribution is 2.20. The van der Waals surface area contributed by atoms with E-state index < -0.39 is 10.0 Å². The van der Waals surface area contributed by atoms with Crippen molar-refractivity contribution in [3.05, 3.63) is 59.2 Å². The lowest BCUT2D eigenvalue weighted by atomic mass is 10.1. The number of methoxy groups -OCH3 is 1. The van der Waals surface area contributed by atoms with Crippen molar-refractivity contribution >= 4 is 40.0 Å². The molecule has 4 N–H and O–H groups in total. The van der Waals surface area contributed by atoms with Crippen molar-refractivity contribution in [1.29, 1.82) is 0 Å². The van der Waals surface area contributed by atoms with Crippen molar-refractivity contribution in [1.82, 2.24) is 10.6 Å². The van der Waals surface area contributed by atoms with Crippen molar-refractivity contribution < 1.29 is 17.9 Å². The number of hydrogen-bond donors (Lipinski definition) is 3. The molecule has 0 aliphatic heterocycles. The second-order valence-electron chi connectivity index (χ2n) is 7.04. The molecule has 2 aromatic rings. The molecular formula is C22H33IN4O4S. The van der Waals surface area contributed by atoms with E-state index in [1.807, 2.05) is 26.0 Å². The summed E-state index contributed by atoms with van der Waals surface area (Å²) in [5, 5.41) is 11.7. The Morgan fingerprint density at radius 2 is 1.81 bits per heavy atom. The molecule has 0 spiro atoms. The molecule has 0 saturated heterocycles. The third-order valence-electron chi connectivity index (χ3n) is 4.44. The minimum absolute atomic E-state index is 0. The number of guanidine groups is 1. The zero-order valence-corrected chi connectivity index (χ0v) is 21.9. The van der Waals surface area contributed by atoms with Gasteiger partial charge in [-0.3, -0.25) is 0 Å². The van der Waals surface area contributed by atoms with Crippen molar-refractivity contribution in [3.8, 4) is 5.75 Å². The lowest BCUT2D eigenvalue weighted by Crippen LogP contribution is -2.36. The molecule has 32 heavy (non-hydrogen) atoms. The first-order chi connectivity index (χ1) is 14.8. The fraction of sp³-hybridized carbons (Fsp3) is 0.409. The fourth-order valence-electron chi connectivity index (χ4n) is 2.80. The second-order valence-corrected chi connectivity index (χ2v) is 8.61. The molecule has 178 valence electrons. The molecule has 0 aliphatic carbocycles. The van der Waals surface area contributed by atoms with E-state index in [9.17, 15) is 8.42 Å². The summed E-state index contributed by atoms with van der Waals surface area (Å²) in [5.41, 5.74) is 3.04. The van der Waals surface area contributed by atoms with Gasteiger partial charge in [0.1, 0.15) is 5.75 Å². The topological polar surface area (TPSA) is 115 Å². The monoisotopic (exact) mass is 576 g/mol. The van der Waals surface area contributed by atoms with Crippen LogP contribution in [0.15, 0.2) is 52.4 Å². The molecule has 0 aliphatic rings. The standard InChI is InChI=1S/C22H32N4O4S.HI/c1-4-24-22(25-15-18-7-10-20(11-8-18)31(23,27)28)26-16-19-9-6-17(2)14-21(19)30-13-5-12-29-3;/h6-11,14H,4-5,12-13,15-16H2,1-3H3,(H2,23,27,28)(H2,24,25,26);1H. The van der Waals surface area contributed by atoms with E-state index in [2.05, 4.69) is 21.7 Å². The first-order valence-electron chi connectivity index (χ1n) is 10.2. The van der Waals surface area contributed by atoms with Crippen LogP contribution < -0.4 is 20.5 Å². The van der Waals surface area contributed by atoms with Crippen molar-refractivity contribution in [2.75, 3.05) is 26.9 Å². The molecular weight excluding hydrogens is 543 g/mol. The van der Waals surface area contributed by atoms with Gasteiger partial charge in [0.15, 0.2) is 5.96 Å². The van der Waals surface area contributed by atoms with Gasteiger partial charge in [-0.2, -0.15) is 0 Å². The quantitative estimate of drug-likeness (QED) is 0.164. The van der Waals surface area contributed by atoms with Crippen LogP contribution >= 0.6 is 24.0 Å². The van der Waals surface area contributed by atoms with Gasteiger partial charge in [0, 0.05) is 38.8 Å². The predicted molar refractivity (Wildman–Crippen MR) is 138 cm³/mol. The number of rotatable bonds is 11. The molecule has 0 heterocycles. The highest BCUT2D eigenvalue weighted by atomic mass is 127. The molecule has 8 nitrogen and oxygen atoms in total. The van der Waals surface area contributed by atoms with Gasteiger partial charge in [0.2, 0.25) is 10.0 Å². The lowest BCUT2D eigenvalue weighted by molar-refractivity contribution is 0.171. The van der Waals surface area contributed by atoms with Crippen LogP contribution in [0, 0.1) is 6.92 Å². The molecule has 0 atom stereocenters. The number of benzene rings is 2. The Hall–Kier alpha value is -1.89. The van der Waals surface area contributed by atoms with E-state index in [1.165, 1.54) is 12.1 Å². The molecule has 2 rings (SSSR count). The van der Waals surface area contributed by atoms with Gasteiger partial charge in [-0.1, -0.05) is 24.3 Å². The molecule has 0 amide bonds. The molecule has 0 aromatic heterocycles. The SMILES string of the molecule is CCNC(=NCc1ccc(S(N)(=O)=O)cc1)NCc1ccc(C)cc1OCCCOC.I. The summed E-state index contributed by atoms with van der Waals surface area (Å²) >= 11 is 0. The van der Waals surface area contributed by atoms with Gasteiger partial charge < -0.3 is 20.1 Å². The largest absolute Gasteiger partial charge is 0.493 e. The van der Waals surface area contributed by atoms with Crippen LogP contribution in [0.5, 0.6) is 5.75 Å². The maximum absolute atomic E-state index is 11.4. The Morgan fingerprint density at radius 3 is 2.44 bits per heavy atom. The average Bonchev–Trinajstić information content (AvgIpc) is 2.74. The van der Waals surface area contributed by atoms with Gasteiger partial charge in [-0.25, -0.2) is 18.5 Å². The van der Waals surface area contributed by atoms with Crippen LogP contribution in [0.25, 0.3) is 0 Å². The fourth-order valence-corrected chi connectivity index (χ4v) is 3.32. The number of hydrogen-bond acceptors (Lipinski definition) is 5. The van der Waals surface area contributed by atoms with Gasteiger partial charge in [-0.15, -0.1) is 24.0 Å². The normalized spacial score (nSPS) is 11.6. The van der Waals surface area contributed by atoms with E-state index in [-0.39, 0.29) is 28.9 Å². The highest BCUT2D eigenvalue weighted by molar-refractivity contribution is 14.0. The third-order valence-corrected chi connectivity index (χ3v) is 5.36. The van der Waals surface area contributed by atoms with E-state index in [1.54, 1.807) is 19.2 Å². The van der Waals surface area contributed by atoms with Crippen molar-refractivity contribution in [2.24, 2.45) is 10.1 Å². The van der Waals surface area contributed by atoms with Crippen LogP contribution in [0.1, 0.15) is 30.0 Å². The van der Waals surface area contributed by atoms with Gasteiger partial charge in [-0.05, 0) is 43.2 Å². The maximum Gasteiger partial charge on any atom is 0.238 e. The minimum atomic E-state index is -3.70. The molecule has 0 bridgehead atoms. The minimum Gasteiger partial charge on any atom is -0.493 e. The van der Waals surface area contributed by atoms with E-state index in [0.717, 1.165) is 28.9 Å². The number of sulfonamides is 1. The summed E-state index contributed by atoms with van der Waals surface area (Å²) in [6, 6.07) is 12.5. The molecule has 0 saturated carbocycles. The summed E-state index contributed by atoms with van der Waals surface area (Å²) in [4.78, 5) is 4.67. The Bertz CT molecular complexity index is 966. The number of nitrogens with two attached hydrogens (primary N) is 1. The van der Waals surface area contributed by atoms with Crippen molar-refractivity contribution in [3.63, 3.8) is 0 Å². The summed E-state index contributed by atoms with van der Waals surface area (Å²) < 4.78 is 33.8. The van der Waals surface area contributed by atoms with Crippen LogP contribution in [-0.4, -0.2) is 41.2 Å². The number of primary sulfonamides is 1. The van der Waals surface area contributed by atoms with Crippen LogP contribution in [-0.2, 0) is 27.8 Å². The lowest BCUT2D eigenvalue weighted by Gasteiger charge is -2.15. The number of aryl methyl sites for hydroxylation is 1. The van der Waals surface area contributed by atoms with Crippen LogP contribution in [0.3, 0.4) is 0 Å². The average molecular weight is 577 g/mol. The zero-order chi connectivity index (χ0) is 22.7. The first-order valence-corrected chi connectivity index (χ1v) is 11.7. The van der Waals surface area contributed by atoms with E-state index >= 15 is 0 Å². The van der Waals surface area contributed by atoms with Crippen LogP contribution in [0.4, 0.5) is 0 Å². The number of aliphatic imine (C=N–C) groups is 1. The summed E-state index contributed by atoms with van der Waals surface area (Å²) in [7, 11) is -2.02. The Kier molecular flexibility index (Phi) is 12.6. The smallest absolute Gasteiger partial charge is 0.238 e. The van der Waals surface area contributed by atoms with E-state index in [4.69, 9.17) is 14.6 Å². The molecule has 0 fully saturated rings. The summed E-state index contributed by atoms with van der Waals surface area (Å²) in [6.07, 6.45) is 0.825. The maximum atomic E-state index is 11.4. The summed E-state index contributed by atoms with van der Waals surface area (Å²) in [6.45, 7) is 6.94. The predicted octanol–water partition coefficient (Wildman–Crippen LogP) is 2.93. The number of nitrogens with zero attached hydrogens (tertiary/aromatic N) is 1. The Balaban J connectivity index is 0.00000512. The highest BCUT2D eigenvalue weighted by Gasteiger charge is 2.08. The number of ether oxygens (including phenoxy) is 2. The van der Waals surface area contributed by atoms with E-state index in [0.29, 0.717) is 38.8 Å². The number of halogens is 1. The number of nitrogens with one attached hydrogen (secondary N) is 2. The Labute approximate surface area is 208 Å². The van der Waals surface area contributed by atoms with Gasteiger partial charge >= 0.3 is 0 Å². The molecule has 2 aromatic carbocycles. The van der Waals surface area contributed by atoms with Gasteiger partial charge in [0.05, 0.1) is 18.0 Å². The molecule has 10 heteroatoms.